The van der Waals surface area contributed by atoms with Crippen LogP contribution < -0.4 is 16.4 Å². The van der Waals surface area contributed by atoms with Gasteiger partial charge in [0.05, 0.1) is 0 Å². The molecule has 0 atom stereocenters. The highest BCUT2D eigenvalue weighted by atomic mass is 16.2. The average molecular weight is 193 g/mol. The van der Waals surface area contributed by atoms with Crippen LogP contribution in [-0.2, 0) is 0 Å². The number of primary amides is 1. The van der Waals surface area contributed by atoms with E-state index in [0.29, 0.717) is 11.3 Å². The van der Waals surface area contributed by atoms with Crippen LogP contribution in [0.25, 0.3) is 0 Å². The van der Waals surface area contributed by atoms with Crippen molar-refractivity contribution in [3.63, 3.8) is 0 Å². The molecule has 1 rings (SSSR count). The summed E-state index contributed by atoms with van der Waals surface area (Å²) < 4.78 is 0. The molecule has 0 saturated carbocycles. The number of rotatable bonds is 2. The second kappa shape index (κ2) is 4.27. The standard InChI is InChI=1S/C9H11N3O2/c1-11-8(13)6-3-2-4-7(5-6)12-9(10)14/h2-5H,1H3,(H,11,13)(H3,10,12,14). The SMILES string of the molecule is CNC(=O)c1cccc(NC(N)=O)c1. The number of hydrogen-bond acceptors (Lipinski definition) is 2. The number of nitrogens with one attached hydrogen (secondary N) is 2. The first-order chi connectivity index (χ1) is 6.63. The molecule has 0 aromatic heterocycles. The number of amides is 3. The molecule has 5 heteroatoms. The van der Waals surface area contributed by atoms with Crippen LogP contribution in [-0.4, -0.2) is 19.0 Å². The van der Waals surface area contributed by atoms with Crippen LogP contribution in [0.15, 0.2) is 24.3 Å². The number of benzene rings is 1. The Morgan fingerprint density at radius 1 is 1.36 bits per heavy atom. The molecular weight excluding hydrogens is 182 g/mol. The Hall–Kier alpha value is -2.04. The lowest BCUT2D eigenvalue weighted by Crippen LogP contribution is -2.21. The van der Waals surface area contributed by atoms with Crippen LogP contribution in [0.4, 0.5) is 10.5 Å². The van der Waals surface area contributed by atoms with Gasteiger partial charge in [0, 0.05) is 18.3 Å². The second-order valence-corrected chi connectivity index (χ2v) is 2.65. The molecule has 3 amide bonds. The third kappa shape index (κ3) is 2.48. The molecule has 0 fully saturated rings. The summed E-state index contributed by atoms with van der Waals surface area (Å²) in [6.45, 7) is 0. The van der Waals surface area contributed by atoms with Gasteiger partial charge in [-0.2, -0.15) is 0 Å². The summed E-state index contributed by atoms with van der Waals surface area (Å²) in [4.78, 5) is 21.7. The molecule has 0 heterocycles. The highest BCUT2D eigenvalue weighted by Gasteiger charge is 2.03. The largest absolute Gasteiger partial charge is 0.355 e. The van der Waals surface area contributed by atoms with Crippen LogP contribution in [0.5, 0.6) is 0 Å². The van der Waals surface area contributed by atoms with E-state index in [1.54, 1.807) is 24.3 Å². The van der Waals surface area contributed by atoms with Crippen molar-refractivity contribution in [2.75, 3.05) is 12.4 Å². The molecule has 0 aliphatic carbocycles. The third-order valence-corrected chi connectivity index (χ3v) is 1.62. The van der Waals surface area contributed by atoms with Crippen LogP contribution >= 0.6 is 0 Å². The van der Waals surface area contributed by atoms with Crippen molar-refractivity contribution in [3.8, 4) is 0 Å². The normalized spacial score (nSPS) is 9.21. The molecule has 0 aliphatic heterocycles. The lowest BCUT2D eigenvalue weighted by Gasteiger charge is -2.03. The van der Waals surface area contributed by atoms with Gasteiger partial charge in [-0.15, -0.1) is 0 Å². The number of carbonyl (C=O) groups excluding carboxylic acids is 2. The summed E-state index contributed by atoms with van der Waals surface area (Å²) in [6.07, 6.45) is 0. The molecule has 0 bridgehead atoms. The summed E-state index contributed by atoms with van der Waals surface area (Å²) in [5.41, 5.74) is 5.90. The maximum Gasteiger partial charge on any atom is 0.316 e. The number of urea groups is 1. The molecule has 0 radical (unpaired) electrons. The fourth-order valence-electron chi connectivity index (χ4n) is 1.02. The van der Waals surface area contributed by atoms with Crippen molar-refractivity contribution in [3.05, 3.63) is 29.8 Å². The van der Waals surface area contributed by atoms with Gasteiger partial charge in [0.2, 0.25) is 0 Å². The minimum absolute atomic E-state index is 0.210. The minimum atomic E-state index is -0.654. The zero-order valence-corrected chi connectivity index (χ0v) is 7.70. The van der Waals surface area contributed by atoms with E-state index in [1.165, 1.54) is 7.05 Å². The fraction of sp³-hybridized carbons (Fsp3) is 0.111. The van der Waals surface area contributed by atoms with Crippen LogP contribution in [0.2, 0.25) is 0 Å². The Morgan fingerprint density at radius 2 is 2.07 bits per heavy atom. The number of hydrogen-bond donors (Lipinski definition) is 3. The molecule has 5 nitrogen and oxygen atoms in total. The molecule has 4 N–H and O–H groups in total. The first kappa shape index (κ1) is 10.0. The first-order valence-electron chi connectivity index (χ1n) is 4.02. The molecular formula is C9H11N3O2. The second-order valence-electron chi connectivity index (χ2n) is 2.65. The monoisotopic (exact) mass is 193 g/mol. The van der Waals surface area contributed by atoms with Crippen molar-refractivity contribution in [1.29, 1.82) is 0 Å². The number of anilines is 1. The Labute approximate surface area is 81.3 Å². The maximum absolute atomic E-state index is 11.2. The van der Waals surface area contributed by atoms with E-state index in [0.717, 1.165) is 0 Å². The molecule has 1 aromatic carbocycles. The van der Waals surface area contributed by atoms with E-state index >= 15 is 0 Å². The number of nitrogens with two attached hydrogens (primary N) is 1. The summed E-state index contributed by atoms with van der Waals surface area (Å²) in [7, 11) is 1.54. The summed E-state index contributed by atoms with van der Waals surface area (Å²) in [5.74, 6) is -0.210. The van der Waals surface area contributed by atoms with E-state index in [-0.39, 0.29) is 5.91 Å². The van der Waals surface area contributed by atoms with E-state index in [9.17, 15) is 9.59 Å². The Morgan fingerprint density at radius 3 is 2.64 bits per heavy atom. The van der Waals surface area contributed by atoms with Crippen molar-refractivity contribution >= 4 is 17.6 Å². The Balaban J connectivity index is 2.89. The van der Waals surface area contributed by atoms with Crippen molar-refractivity contribution in [1.82, 2.24) is 5.32 Å². The van der Waals surface area contributed by atoms with E-state index in [2.05, 4.69) is 10.6 Å². The van der Waals surface area contributed by atoms with Gasteiger partial charge in [-0.25, -0.2) is 4.79 Å². The quantitative estimate of drug-likeness (QED) is 0.640. The zero-order chi connectivity index (χ0) is 10.6. The van der Waals surface area contributed by atoms with Crippen molar-refractivity contribution in [2.45, 2.75) is 0 Å². The van der Waals surface area contributed by atoms with E-state index in [4.69, 9.17) is 5.73 Å². The topological polar surface area (TPSA) is 84.2 Å². The van der Waals surface area contributed by atoms with E-state index in [1.807, 2.05) is 0 Å². The smallest absolute Gasteiger partial charge is 0.316 e. The van der Waals surface area contributed by atoms with Gasteiger partial charge in [-0.05, 0) is 18.2 Å². The molecule has 0 spiro atoms. The van der Waals surface area contributed by atoms with Gasteiger partial charge in [-0.3, -0.25) is 4.79 Å². The Bertz CT molecular complexity index is 363. The molecule has 14 heavy (non-hydrogen) atoms. The predicted molar refractivity (Wildman–Crippen MR) is 53.0 cm³/mol. The van der Waals surface area contributed by atoms with Gasteiger partial charge in [0.1, 0.15) is 0 Å². The molecule has 1 aromatic rings. The Kier molecular flexibility index (Phi) is 3.06. The summed E-state index contributed by atoms with van der Waals surface area (Å²) >= 11 is 0. The maximum atomic E-state index is 11.2. The van der Waals surface area contributed by atoms with Crippen molar-refractivity contribution < 1.29 is 9.59 Å². The van der Waals surface area contributed by atoms with Crippen molar-refractivity contribution in [2.24, 2.45) is 5.73 Å². The predicted octanol–water partition coefficient (Wildman–Crippen LogP) is 0.537. The molecule has 0 saturated heterocycles. The van der Waals surface area contributed by atoms with Gasteiger partial charge in [-0.1, -0.05) is 6.07 Å². The highest BCUT2D eigenvalue weighted by molar-refractivity contribution is 5.96. The third-order valence-electron chi connectivity index (χ3n) is 1.62. The van der Waals surface area contributed by atoms with Gasteiger partial charge < -0.3 is 16.4 Å². The molecule has 74 valence electrons. The van der Waals surface area contributed by atoms with Crippen LogP contribution in [0, 0.1) is 0 Å². The van der Waals surface area contributed by atoms with Gasteiger partial charge in [0.25, 0.3) is 5.91 Å². The lowest BCUT2D eigenvalue weighted by atomic mass is 10.2. The lowest BCUT2D eigenvalue weighted by molar-refractivity contribution is 0.0963. The van der Waals surface area contributed by atoms with Gasteiger partial charge in [0.15, 0.2) is 0 Å². The minimum Gasteiger partial charge on any atom is -0.355 e. The van der Waals surface area contributed by atoms with Crippen LogP contribution in [0.3, 0.4) is 0 Å². The van der Waals surface area contributed by atoms with Gasteiger partial charge >= 0.3 is 6.03 Å². The van der Waals surface area contributed by atoms with Crippen LogP contribution in [0.1, 0.15) is 10.4 Å². The highest BCUT2D eigenvalue weighted by Crippen LogP contribution is 2.09. The summed E-state index contributed by atoms with van der Waals surface area (Å²) in [5, 5.41) is 4.86. The zero-order valence-electron chi connectivity index (χ0n) is 7.70. The fourth-order valence-corrected chi connectivity index (χ4v) is 1.02. The first-order valence-corrected chi connectivity index (χ1v) is 4.02. The molecule has 0 unspecified atom stereocenters. The average Bonchev–Trinajstić information content (AvgIpc) is 2.16. The summed E-state index contributed by atoms with van der Waals surface area (Å²) in [6, 6.07) is 5.85. The number of carbonyl (C=O) groups is 2. The molecule has 0 aliphatic rings. The van der Waals surface area contributed by atoms with E-state index < -0.39 is 6.03 Å².